The number of benzene rings is 2. The van der Waals surface area contributed by atoms with Crippen LogP contribution in [-0.2, 0) is 4.79 Å². The highest BCUT2D eigenvalue weighted by Crippen LogP contribution is 2.23. The van der Waals surface area contributed by atoms with E-state index < -0.39 is 0 Å². The van der Waals surface area contributed by atoms with E-state index in [0.29, 0.717) is 30.4 Å². The van der Waals surface area contributed by atoms with E-state index in [0.717, 1.165) is 5.69 Å². The summed E-state index contributed by atoms with van der Waals surface area (Å²) in [6.07, 6.45) is 3.34. The molecule has 0 aliphatic rings. The van der Waals surface area contributed by atoms with Gasteiger partial charge in [-0.25, -0.2) is 0 Å². The Balaban J connectivity index is 1.91. The molecule has 2 aromatic rings. The first-order valence-corrected chi connectivity index (χ1v) is 7.93. The molecular formula is C20H22N2O3. The highest BCUT2D eigenvalue weighted by atomic mass is 16.5. The Morgan fingerprint density at radius 3 is 2.56 bits per heavy atom. The summed E-state index contributed by atoms with van der Waals surface area (Å²) in [7, 11) is 0. The Morgan fingerprint density at radius 1 is 1.00 bits per heavy atom. The van der Waals surface area contributed by atoms with E-state index in [1.54, 1.807) is 24.3 Å². The predicted octanol–water partition coefficient (Wildman–Crippen LogP) is 3.87. The Bertz CT molecular complexity index is 728. The Morgan fingerprint density at radius 2 is 1.76 bits per heavy atom. The second-order valence-electron chi connectivity index (χ2n) is 5.13. The van der Waals surface area contributed by atoms with Crippen LogP contribution in [-0.4, -0.2) is 25.7 Å². The molecule has 0 bridgehead atoms. The van der Waals surface area contributed by atoms with E-state index in [9.17, 15) is 4.79 Å². The van der Waals surface area contributed by atoms with Crippen molar-refractivity contribution in [3.63, 3.8) is 0 Å². The number of carbonyl (C=O) groups is 1. The molecule has 2 aromatic carbocycles. The highest BCUT2D eigenvalue weighted by Gasteiger charge is 2.06. The molecule has 0 aliphatic carbocycles. The lowest BCUT2D eigenvalue weighted by atomic mass is 10.3. The molecule has 0 saturated carbocycles. The van der Waals surface area contributed by atoms with Gasteiger partial charge >= 0.3 is 0 Å². The Labute approximate surface area is 148 Å². The molecule has 25 heavy (non-hydrogen) atoms. The summed E-state index contributed by atoms with van der Waals surface area (Å²) in [4.78, 5) is 12.1. The summed E-state index contributed by atoms with van der Waals surface area (Å²) in [5, 5.41) is 5.90. The summed E-state index contributed by atoms with van der Waals surface area (Å²) < 4.78 is 11.0. The molecule has 0 fully saturated rings. The van der Waals surface area contributed by atoms with Gasteiger partial charge in [-0.1, -0.05) is 43.5 Å². The topological polar surface area (TPSA) is 59.6 Å². The molecule has 2 N–H and O–H groups in total. The fourth-order valence-electron chi connectivity index (χ4n) is 2.09. The quantitative estimate of drug-likeness (QED) is 0.646. The van der Waals surface area contributed by atoms with Crippen molar-refractivity contribution in [3.8, 4) is 11.5 Å². The number of nitrogens with one attached hydrogen (secondary N) is 2. The number of ether oxygens (including phenoxy) is 2. The van der Waals surface area contributed by atoms with Crippen LogP contribution in [0.2, 0.25) is 0 Å². The average Bonchev–Trinajstić information content (AvgIpc) is 2.64. The van der Waals surface area contributed by atoms with Gasteiger partial charge in [-0.2, -0.15) is 0 Å². The largest absolute Gasteiger partial charge is 0.489 e. The molecule has 0 atom stereocenters. The molecular weight excluding hydrogens is 316 g/mol. The van der Waals surface area contributed by atoms with Crippen molar-refractivity contribution < 1.29 is 14.3 Å². The third-order valence-corrected chi connectivity index (χ3v) is 3.17. The molecule has 0 spiro atoms. The summed E-state index contributed by atoms with van der Waals surface area (Å²) in [5.74, 6) is 1.18. The van der Waals surface area contributed by atoms with Gasteiger partial charge in [-0.05, 0) is 24.3 Å². The van der Waals surface area contributed by atoms with Gasteiger partial charge in [0.25, 0.3) is 0 Å². The minimum atomic E-state index is -0.167. The zero-order valence-corrected chi connectivity index (χ0v) is 14.0. The lowest BCUT2D eigenvalue weighted by Gasteiger charge is -2.12. The van der Waals surface area contributed by atoms with E-state index in [1.165, 1.54) is 0 Å². The van der Waals surface area contributed by atoms with Crippen LogP contribution < -0.4 is 20.1 Å². The van der Waals surface area contributed by atoms with E-state index >= 15 is 0 Å². The maximum Gasteiger partial charge on any atom is 0.243 e. The number of carbonyl (C=O) groups excluding carboxylic acids is 1. The Hall–Kier alpha value is -3.21. The summed E-state index contributed by atoms with van der Waals surface area (Å²) in [6.45, 7) is 8.17. The molecule has 5 heteroatoms. The highest BCUT2D eigenvalue weighted by molar-refractivity contribution is 5.94. The van der Waals surface area contributed by atoms with Crippen molar-refractivity contribution in [2.24, 2.45) is 0 Å². The molecule has 0 aliphatic heterocycles. The third kappa shape index (κ3) is 6.06. The van der Waals surface area contributed by atoms with Crippen molar-refractivity contribution in [1.29, 1.82) is 0 Å². The van der Waals surface area contributed by atoms with E-state index in [4.69, 9.17) is 9.47 Å². The van der Waals surface area contributed by atoms with Crippen LogP contribution in [0.4, 0.5) is 11.4 Å². The van der Waals surface area contributed by atoms with Gasteiger partial charge in [-0.15, -0.1) is 0 Å². The monoisotopic (exact) mass is 338 g/mol. The van der Waals surface area contributed by atoms with Crippen molar-refractivity contribution in [1.82, 2.24) is 0 Å². The van der Waals surface area contributed by atoms with Gasteiger partial charge in [0.05, 0.1) is 12.2 Å². The minimum absolute atomic E-state index is 0.117. The van der Waals surface area contributed by atoms with Gasteiger partial charge in [-0.3, -0.25) is 4.79 Å². The van der Waals surface area contributed by atoms with Crippen molar-refractivity contribution in [3.05, 3.63) is 73.8 Å². The second kappa shape index (κ2) is 9.82. The van der Waals surface area contributed by atoms with Gasteiger partial charge in [0.1, 0.15) is 24.7 Å². The fraction of sp³-hybridized carbons (Fsp3) is 0.150. The van der Waals surface area contributed by atoms with Gasteiger partial charge < -0.3 is 20.1 Å². The molecule has 0 unspecified atom stereocenters. The number of anilines is 2. The van der Waals surface area contributed by atoms with Crippen LogP contribution in [0.5, 0.6) is 11.5 Å². The van der Waals surface area contributed by atoms with Crippen LogP contribution in [0.25, 0.3) is 0 Å². The molecule has 0 radical (unpaired) electrons. The van der Waals surface area contributed by atoms with Crippen molar-refractivity contribution in [2.75, 3.05) is 30.4 Å². The average molecular weight is 338 g/mol. The molecule has 5 nitrogen and oxygen atoms in total. The van der Waals surface area contributed by atoms with Gasteiger partial charge in [0.15, 0.2) is 0 Å². The zero-order chi connectivity index (χ0) is 17.9. The van der Waals surface area contributed by atoms with E-state index in [1.807, 2.05) is 36.4 Å². The number of hydrogen-bond acceptors (Lipinski definition) is 4. The SMILES string of the molecule is C=CCOc1cccc(NC(=O)CNc2ccccc2OCC=C)c1. The number of para-hydroxylation sites is 2. The van der Waals surface area contributed by atoms with Crippen LogP contribution in [0.3, 0.4) is 0 Å². The molecule has 130 valence electrons. The maximum atomic E-state index is 12.1. The summed E-state index contributed by atoms with van der Waals surface area (Å²) in [6, 6.07) is 14.7. The smallest absolute Gasteiger partial charge is 0.243 e. The van der Waals surface area contributed by atoms with Crippen molar-refractivity contribution >= 4 is 17.3 Å². The molecule has 0 heterocycles. The number of rotatable bonds is 10. The zero-order valence-electron chi connectivity index (χ0n) is 14.0. The van der Waals surface area contributed by atoms with E-state index in [2.05, 4.69) is 23.8 Å². The first-order valence-electron chi connectivity index (χ1n) is 7.93. The van der Waals surface area contributed by atoms with Crippen molar-refractivity contribution in [2.45, 2.75) is 0 Å². The van der Waals surface area contributed by atoms with Crippen LogP contribution in [0.15, 0.2) is 73.8 Å². The summed E-state index contributed by atoms with van der Waals surface area (Å²) >= 11 is 0. The molecule has 0 saturated heterocycles. The Kier molecular flexibility index (Phi) is 7.13. The lowest BCUT2D eigenvalue weighted by molar-refractivity contribution is -0.114. The first kappa shape index (κ1) is 18.1. The molecule has 2 rings (SSSR count). The lowest BCUT2D eigenvalue weighted by Crippen LogP contribution is -2.22. The maximum absolute atomic E-state index is 12.1. The first-order chi connectivity index (χ1) is 12.2. The third-order valence-electron chi connectivity index (χ3n) is 3.17. The predicted molar refractivity (Wildman–Crippen MR) is 101 cm³/mol. The fourth-order valence-corrected chi connectivity index (χ4v) is 2.09. The van der Waals surface area contributed by atoms with Gasteiger partial charge in [0, 0.05) is 11.8 Å². The minimum Gasteiger partial charge on any atom is -0.489 e. The van der Waals surface area contributed by atoms with Gasteiger partial charge in [0.2, 0.25) is 5.91 Å². The summed E-state index contributed by atoms with van der Waals surface area (Å²) in [5.41, 5.74) is 1.42. The van der Waals surface area contributed by atoms with E-state index in [-0.39, 0.29) is 12.5 Å². The van der Waals surface area contributed by atoms with Crippen LogP contribution >= 0.6 is 0 Å². The molecule has 1 amide bonds. The number of amides is 1. The van der Waals surface area contributed by atoms with Crippen LogP contribution in [0, 0.1) is 0 Å². The van der Waals surface area contributed by atoms with Crippen LogP contribution in [0.1, 0.15) is 0 Å². The standard InChI is InChI=1S/C20H22N2O3/c1-3-12-24-17-9-7-8-16(14-17)22-20(23)15-21-18-10-5-6-11-19(18)25-13-4-2/h3-11,14,21H,1-2,12-13,15H2,(H,22,23). The number of hydrogen-bond donors (Lipinski definition) is 2. The second-order valence-corrected chi connectivity index (χ2v) is 5.13. The normalized spacial score (nSPS) is 9.76. The molecule has 0 aromatic heterocycles.